The van der Waals surface area contributed by atoms with Crippen LogP contribution in [0.25, 0.3) is 0 Å². The van der Waals surface area contributed by atoms with Crippen molar-refractivity contribution in [2.24, 2.45) is 5.73 Å². The summed E-state index contributed by atoms with van der Waals surface area (Å²) in [6.45, 7) is 4.07. The Morgan fingerprint density at radius 3 is 2.69 bits per heavy atom. The summed E-state index contributed by atoms with van der Waals surface area (Å²) in [5, 5.41) is 8.25. The van der Waals surface area contributed by atoms with E-state index < -0.39 is 0 Å². The first kappa shape index (κ1) is 11.6. The first-order valence-corrected chi connectivity index (χ1v) is 6.23. The molecule has 2 N–H and O–H groups in total. The van der Waals surface area contributed by atoms with E-state index in [0.717, 1.165) is 12.2 Å². The molecule has 90 valence electrons. The Kier molecular flexibility index (Phi) is 3.28. The van der Waals surface area contributed by atoms with Crippen molar-refractivity contribution in [3.8, 4) is 0 Å². The Morgan fingerprint density at radius 2 is 2.06 bits per heavy atom. The molecule has 0 aliphatic heterocycles. The highest BCUT2D eigenvalue weighted by Crippen LogP contribution is 2.29. The minimum absolute atomic E-state index is 0.209. The van der Waals surface area contributed by atoms with Crippen molar-refractivity contribution < 1.29 is 0 Å². The zero-order valence-electron chi connectivity index (χ0n) is 10.3. The van der Waals surface area contributed by atoms with Crippen molar-refractivity contribution in [3.63, 3.8) is 0 Å². The van der Waals surface area contributed by atoms with Gasteiger partial charge in [0.15, 0.2) is 0 Å². The van der Waals surface area contributed by atoms with Gasteiger partial charge in [0.25, 0.3) is 0 Å². The maximum Gasteiger partial charge on any atom is 0.134 e. The molecule has 4 heteroatoms. The number of aromatic nitrogens is 3. The molecule has 0 aromatic carbocycles. The van der Waals surface area contributed by atoms with Crippen LogP contribution in [0.15, 0.2) is 6.33 Å². The van der Waals surface area contributed by atoms with Crippen LogP contribution in [0.4, 0.5) is 0 Å². The van der Waals surface area contributed by atoms with E-state index in [1.165, 1.54) is 32.1 Å². The Labute approximate surface area is 97.2 Å². The standard InChI is InChI=1S/C12H22N4/c1-12(2,13)8-11-15-14-9-16(11)10-6-4-3-5-7-10/h9-10H,3-8,13H2,1-2H3. The van der Waals surface area contributed by atoms with Crippen LogP contribution in [-0.4, -0.2) is 20.3 Å². The van der Waals surface area contributed by atoms with Gasteiger partial charge in [-0.3, -0.25) is 0 Å². The molecule has 1 aliphatic carbocycles. The van der Waals surface area contributed by atoms with Gasteiger partial charge in [-0.2, -0.15) is 0 Å². The molecule has 1 aliphatic rings. The zero-order chi connectivity index (χ0) is 11.6. The van der Waals surface area contributed by atoms with Crippen LogP contribution < -0.4 is 5.73 Å². The van der Waals surface area contributed by atoms with Crippen molar-refractivity contribution in [2.45, 2.75) is 64.0 Å². The maximum atomic E-state index is 6.04. The van der Waals surface area contributed by atoms with Gasteiger partial charge in [-0.1, -0.05) is 19.3 Å². The summed E-state index contributed by atoms with van der Waals surface area (Å²) in [6.07, 6.45) is 9.21. The average molecular weight is 222 g/mol. The molecule has 2 rings (SSSR count). The highest BCUT2D eigenvalue weighted by atomic mass is 15.3. The van der Waals surface area contributed by atoms with Crippen molar-refractivity contribution in [3.05, 3.63) is 12.2 Å². The number of hydrogen-bond acceptors (Lipinski definition) is 3. The minimum atomic E-state index is -0.209. The lowest BCUT2D eigenvalue weighted by Crippen LogP contribution is -2.36. The molecule has 1 saturated carbocycles. The minimum Gasteiger partial charge on any atom is -0.325 e. The molecular formula is C12H22N4. The summed E-state index contributed by atoms with van der Waals surface area (Å²) in [5.41, 5.74) is 5.84. The fraction of sp³-hybridized carbons (Fsp3) is 0.833. The second-order valence-electron chi connectivity index (χ2n) is 5.61. The Morgan fingerprint density at radius 1 is 1.38 bits per heavy atom. The van der Waals surface area contributed by atoms with Crippen molar-refractivity contribution >= 4 is 0 Å². The molecule has 0 atom stereocenters. The largest absolute Gasteiger partial charge is 0.325 e. The van der Waals surface area contributed by atoms with Crippen LogP contribution in [0, 0.1) is 0 Å². The molecule has 1 aromatic heterocycles. The second kappa shape index (κ2) is 4.53. The summed E-state index contributed by atoms with van der Waals surface area (Å²) in [7, 11) is 0. The summed E-state index contributed by atoms with van der Waals surface area (Å²) >= 11 is 0. The van der Waals surface area contributed by atoms with E-state index in [4.69, 9.17) is 5.73 Å². The molecule has 1 aromatic rings. The van der Waals surface area contributed by atoms with Crippen LogP contribution in [-0.2, 0) is 6.42 Å². The van der Waals surface area contributed by atoms with E-state index in [1.54, 1.807) is 0 Å². The lowest BCUT2D eigenvalue weighted by atomic mass is 9.94. The summed E-state index contributed by atoms with van der Waals surface area (Å²) in [5.74, 6) is 1.04. The molecule has 0 spiro atoms. The fourth-order valence-electron chi connectivity index (χ4n) is 2.46. The number of nitrogens with zero attached hydrogens (tertiary/aromatic N) is 3. The van der Waals surface area contributed by atoms with Gasteiger partial charge in [0.1, 0.15) is 12.2 Å². The normalized spacial score (nSPS) is 18.9. The van der Waals surface area contributed by atoms with E-state index >= 15 is 0 Å². The van der Waals surface area contributed by atoms with Gasteiger partial charge in [-0.25, -0.2) is 0 Å². The van der Waals surface area contributed by atoms with E-state index in [0.29, 0.717) is 6.04 Å². The van der Waals surface area contributed by atoms with Crippen molar-refractivity contribution in [1.29, 1.82) is 0 Å². The van der Waals surface area contributed by atoms with Crippen LogP contribution in [0.3, 0.4) is 0 Å². The Bertz CT molecular complexity index is 331. The Balaban J connectivity index is 2.11. The first-order valence-electron chi connectivity index (χ1n) is 6.23. The number of nitrogens with two attached hydrogens (primary N) is 1. The molecule has 0 bridgehead atoms. The first-order chi connectivity index (χ1) is 7.56. The summed E-state index contributed by atoms with van der Waals surface area (Å²) in [4.78, 5) is 0. The maximum absolute atomic E-state index is 6.04. The number of hydrogen-bond donors (Lipinski definition) is 1. The average Bonchev–Trinajstić information content (AvgIpc) is 2.64. The smallest absolute Gasteiger partial charge is 0.134 e. The third-order valence-electron chi connectivity index (χ3n) is 3.23. The predicted molar refractivity (Wildman–Crippen MR) is 64.1 cm³/mol. The molecule has 0 unspecified atom stereocenters. The topological polar surface area (TPSA) is 56.7 Å². The van der Waals surface area contributed by atoms with Crippen LogP contribution in [0.2, 0.25) is 0 Å². The zero-order valence-corrected chi connectivity index (χ0v) is 10.3. The van der Waals surface area contributed by atoms with E-state index in [9.17, 15) is 0 Å². The highest BCUT2D eigenvalue weighted by molar-refractivity contribution is 4.96. The molecule has 0 saturated heterocycles. The highest BCUT2D eigenvalue weighted by Gasteiger charge is 2.21. The van der Waals surface area contributed by atoms with Crippen LogP contribution >= 0.6 is 0 Å². The van der Waals surface area contributed by atoms with Crippen molar-refractivity contribution in [2.75, 3.05) is 0 Å². The molecule has 0 radical (unpaired) electrons. The van der Waals surface area contributed by atoms with Gasteiger partial charge in [-0.05, 0) is 26.7 Å². The van der Waals surface area contributed by atoms with Gasteiger partial charge in [0, 0.05) is 18.0 Å². The fourth-order valence-corrected chi connectivity index (χ4v) is 2.46. The van der Waals surface area contributed by atoms with Crippen LogP contribution in [0.5, 0.6) is 0 Å². The lowest BCUT2D eigenvalue weighted by molar-refractivity contribution is 0.338. The second-order valence-corrected chi connectivity index (χ2v) is 5.61. The van der Waals surface area contributed by atoms with Crippen molar-refractivity contribution in [1.82, 2.24) is 14.8 Å². The van der Waals surface area contributed by atoms with Crippen LogP contribution in [0.1, 0.15) is 57.8 Å². The molecule has 16 heavy (non-hydrogen) atoms. The van der Waals surface area contributed by atoms with E-state index in [2.05, 4.69) is 14.8 Å². The molecule has 1 heterocycles. The van der Waals surface area contributed by atoms with E-state index in [-0.39, 0.29) is 5.54 Å². The lowest BCUT2D eigenvalue weighted by Gasteiger charge is -2.26. The summed E-state index contributed by atoms with van der Waals surface area (Å²) in [6, 6.07) is 0.598. The summed E-state index contributed by atoms with van der Waals surface area (Å²) < 4.78 is 2.24. The molecule has 4 nitrogen and oxygen atoms in total. The van der Waals surface area contributed by atoms with Gasteiger partial charge < -0.3 is 10.3 Å². The molecule has 0 amide bonds. The predicted octanol–water partition coefficient (Wildman–Crippen LogP) is 2.06. The van der Waals surface area contributed by atoms with Gasteiger partial charge in [-0.15, -0.1) is 10.2 Å². The number of rotatable bonds is 3. The Hall–Kier alpha value is -0.900. The SMILES string of the molecule is CC(C)(N)Cc1nncn1C1CCCCC1. The molecule has 1 fully saturated rings. The third-order valence-corrected chi connectivity index (χ3v) is 3.23. The quantitative estimate of drug-likeness (QED) is 0.851. The van der Waals surface area contributed by atoms with Gasteiger partial charge >= 0.3 is 0 Å². The van der Waals surface area contributed by atoms with Gasteiger partial charge in [0.2, 0.25) is 0 Å². The molecular weight excluding hydrogens is 200 g/mol. The van der Waals surface area contributed by atoms with E-state index in [1.807, 2.05) is 20.2 Å². The monoisotopic (exact) mass is 222 g/mol. The third kappa shape index (κ3) is 2.82. The van der Waals surface area contributed by atoms with Gasteiger partial charge in [0.05, 0.1) is 0 Å².